The SMILES string of the molecule is CCOc1cc(C(=O)NCCCN)ccc1-c1nc2ccc(C(F)(F)F)cc2[nH]1. The van der Waals surface area contributed by atoms with Gasteiger partial charge in [0.25, 0.3) is 5.91 Å². The molecule has 2 aromatic carbocycles. The summed E-state index contributed by atoms with van der Waals surface area (Å²) in [5.41, 5.74) is 6.29. The number of nitrogens with two attached hydrogens (primary N) is 1. The van der Waals surface area contributed by atoms with Gasteiger partial charge in [-0.1, -0.05) is 0 Å². The minimum atomic E-state index is -4.44. The molecule has 1 amide bonds. The summed E-state index contributed by atoms with van der Waals surface area (Å²) in [5, 5.41) is 2.77. The van der Waals surface area contributed by atoms with Crippen molar-refractivity contribution in [2.24, 2.45) is 5.73 Å². The third kappa shape index (κ3) is 4.68. The van der Waals surface area contributed by atoms with Gasteiger partial charge in [0, 0.05) is 12.1 Å². The van der Waals surface area contributed by atoms with Gasteiger partial charge in [-0.05, 0) is 56.3 Å². The first-order valence-corrected chi connectivity index (χ1v) is 9.16. The number of amides is 1. The van der Waals surface area contributed by atoms with Crippen LogP contribution in [0.15, 0.2) is 36.4 Å². The van der Waals surface area contributed by atoms with Crippen molar-refractivity contribution in [3.05, 3.63) is 47.5 Å². The largest absolute Gasteiger partial charge is 0.493 e. The number of nitrogens with one attached hydrogen (secondary N) is 2. The Balaban J connectivity index is 1.95. The molecule has 0 atom stereocenters. The summed E-state index contributed by atoms with van der Waals surface area (Å²) < 4.78 is 44.5. The van der Waals surface area contributed by atoms with E-state index >= 15 is 0 Å². The number of rotatable bonds is 7. The van der Waals surface area contributed by atoms with Gasteiger partial charge in [-0.25, -0.2) is 4.98 Å². The second kappa shape index (κ2) is 8.52. The molecule has 0 fully saturated rings. The van der Waals surface area contributed by atoms with Crippen molar-refractivity contribution in [2.45, 2.75) is 19.5 Å². The van der Waals surface area contributed by atoms with Gasteiger partial charge in [0.2, 0.25) is 0 Å². The standard InChI is InChI=1S/C20H21F3N4O2/c1-2-29-17-10-12(19(28)25-9-3-8-24)4-6-14(17)18-26-15-7-5-13(20(21,22)23)11-16(15)27-18/h4-7,10-11H,2-3,8-9,24H2,1H3,(H,25,28)(H,26,27). The van der Waals surface area contributed by atoms with Gasteiger partial charge in [0.15, 0.2) is 0 Å². The number of fused-ring (bicyclic) bond motifs is 1. The molecular formula is C20H21F3N4O2. The van der Waals surface area contributed by atoms with Crippen molar-refractivity contribution in [2.75, 3.05) is 19.7 Å². The number of hydrogen-bond acceptors (Lipinski definition) is 4. The Labute approximate surface area is 165 Å². The number of imidazole rings is 1. The first kappa shape index (κ1) is 20.7. The highest BCUT2D eigenvalue weighted by Crippen LogP contribution is 2.34. The molecule has 0 aliphatic heterocycles. The van der Waals surface area contributed by atoms with Crippen molar-refractivity contribution in [3.63, 3.8) is 0 Å². The highest BCUT2D eigenvalue weighted by Gasteiger charge is 2.30. The second-order valence-corrected chi connectivity index (χ2v) is 6.36. The third-order valence-corrected chi connectivity index (χ3v) is 4.27. The van der Waals surface area contributed by atoms with Crippen LogP contribution >= 0.6 is 0 Å². The van der Waals surface area contributed by atoms with E-state index in [1.807, 2.05) is 0 Å². The van der Waals surface area contributed by atoms with Crippen molar-refractivity contribution in [3.8, 4) is 17.1 Å². The van der Waals surface area contributed by atoms with Crippen LogP contribution in [-0.2, 0) is 6.18 Å². The average Bonchev–Trinajstić information content (AvgIpc) is 3.10. The summed E-state index contributed by atoms with van der Waals surface area (Å²) in [6.07, 6.45) is -3.77. The van der Waals surface area contributed by atoms with Gasteiger partial charge in [-0.2, -0.15) is 13.2 Å². The molecule has 0 spiro atoms. The van der Waals surface area contributed by atoms with Gasteiger partial charge >= 0.3 is 6.18 Å². The van der Waals surface area contributed by atoms with Crippen molar-refractivity contribution < 1.29 is 22.7 Å². The second-order valence-electron chi connectivity index (χ2n) is 6.36. The maximum Gasteiger partial charge on any atom is 0.416 e. The predicted octanol–water partition coefficient (Wildman–Crippen LogP) is 3.73. The highest BCUT2D eigenvalue weighted by atomic mass is 19.4. The first-order valence-electron chi connectivity index (χ1n) is 9.16. The lowest BCUT2D eigenvalue weighted by Crippen LogP contribution is -2.25. The lowest BCUT2D eigenvalue weighted by molar-refractivity contribution is -0.137. The van der Waals surface area contributed by atoms with E-state index < -0.39 is 11.7 Å². The molecule has 0 radical (unpaired) electrons. The normalized spacial score (nSPS) is 11.6. The summed E-state index contributed by atoms with van der Waals surface area (Å²) in [5.74, 6) is 0.511. The molecule has 1 heterocycles. The van der Waals surface area contributed by atoms with E-state index in [2.05, 4.69) is 15.3 Å². The van der Waals surface area contributed by atoms with E-state index in [0.29, 0.717) is 54.3 Å². The predicted molar refractivity (Wildman–Crippen MR) is 104 cm³/mol. The summed E-state index contributed by atoms with van der Waals surface area (Å²) >= 11 is 0. The molecule has 29 heavy (non-hydrogen) atoms. The maximum atomic E-state index is 12.9. The molecule has 0 aliphatic carbocycles. The van der Waals surface area contributed by atoms with Crippen LogP contribution in [0.3, 0.4) is 0 Å². The monoisotopic (exact) mass is 406 g/mol. The molecule has 6 nitrogen and oxygen atoms in total. The quantitative estimate of drug-likeness (QED) is 0.522. The number of ether oxygens (including phenoxy) is 1. The summed E-state index contributed by atoms with van der Waals surface area (Å²) in [7, 11) is 0. The van der Waals surface area contributed by atoms with E-state index in [-0.39, 0.29) is 11.4 Å². The zero-order chi connectivity index (χ0) is 21.0. The first-order chi connectivity index (χ1) is 13.8. The number of carbonyl (C=O) groups is 1. The minimum Gasteiger partial charge on any atom is -0.493 e. The Kier molecular flexibility index (Phi) is 6.07. The van der Waals surface area contributed by atoms with E-state index in [1.54, 1.807) is 25.1 Å². The minimum absolute atomic E-state index is 0.259. The van der Waals surface area contributed by atoms with Gasteiger partial charge in [0.05, 0.1) is 28.8 Å². The number of H-pyrrole nitrogens is 1. The molecule has 3 aromatic rings. The molecule has 0 saturated heterocycles. The van der Waals surface area contributed by atoms with Crippen LogP contribution in [0.5, 0.6) is 5.75 Å². The van der Waals surface area contributed by atoms with E-state index in [9.17, 15) is 18.0 Å². The smallest absolute Gasteiger partial charge is 0.416 e. The van der Waals surface area contributed by atoms with Gasteiger partial charge in [-0.3, -0.25) is 4.79 Å². The van der Waals surface area contributed by atoms with E-state index in [4.69, 9.17) is 10.5 Å². The Morgan fingerprint density at radius 3 is 2.72 bits per heavy atom. The van der Waals surface area contributed by atoms with Crippen LogP contribution < -0.4 is 15.8 Å². The van der Waals surface area contributed by atoms with Crippen LogP contribution in [0.2, 0.25) is 0 Å². The topological polar surface area (TPSA) is 93.0 Å². The van der Waals surface area contributed by atoms with E-state index in [1.165, 1.54) is 6.07 Å². The van der Waals surface area contributed by atoms with Crippen LogP contribution in [-0.4, -0.2) is 35.6 Å². The van der Waals surface area contributed by atoms with Crippen LogP contribution in [0.4, 0.5) is 13.2 Å². The number of aromatic nitrogens is 2. The Hall–Kier alpha value is -3.07. The Bertz CT molecular complexity index is 1010. The van der Waals surface area contributed by atoms with Crippen molar-refractivity contribution in [1.29, 1.82) is 0 Å². The highest BCUT2D eigenvalue weighted by molar-refractivity contribution is 5.95. The number of hydrogen-bond donors (Lipinski definition) is 3. The fourth-order valence-electron chi connectivity index (χ4n) is 2.85. The van der Waals surface area contributed by atoms with Crippen molar-refractivity contribution >= 4 is 16.9 Å². The number of aromatic amines is 1. The molecule has 154 valence electrons. The van der Waals surface area contributed by atoms with Crippen molar-refractivity contribution in [1.82, 2.24) is 15.3 Å². The Morgan fingerprint density at radius 1 is 1.24 bits per heavy atom. The number of halogens is 3. The summed E-state index contributed by atoms with van der Waals surface area (Å²) in [6, 6.07) is 8.19. The zero-order valence-corrected chi connectivity index (χ0v) is 15.8. The number of benzene rings is 2. The molecule has 4 N–H and O–H groups in total. The number of alkyl halides is 3. The fraction of sp³-hybridized carbons (Fsp3) is 0.300. The molecule has 9 heteroatoms. The van der Waals surface area contributed by atoms with Crippen LogP contribution in [0.25, 0.3) is 22.4 Å². The van der Waals surface area contributed by atoms with Gasteiger partial charge in [0.1, 0.15) is 11.6 Å². The molecule has 1 aromatic heterocycles. The van der Waals surface area contributed by atoms with Gasteiger partial charge in [-0.15, -0.1) is 0 Å². The average molecular weight is 406 g/mol. The molecule has 0 unspecified atom stereocenters. The maximum absolute atomic E-state index is 12.9. The zero-order valence-electron chi connectivity index (χ0n) is 15.8. The van der Waals surface area contributed by atoms with E-state index in [0.717, 1.165) is 12.1 Å². The molecule has 0 aliphatic rings. The number of nitrogens with zero attached hydrogens (tertiary/aromatic N) is 1. The molecule has 0 bridgehead atoms. The molecule has 0 saturated carbocycles. The molecular weight excluding hydrogens is 385 g/mol. The molecule has 3 rings (SSSR count). The summed E-state index contributed by atoms with van der Waals surface area (Å²) in [4.78, 5) is 19.5. The fourth-order valence-corrected chi connectivity index (χ4v) is 2.85. The third-order valence-electron chi connectivity index (χ3n) is 4.27. The summed E-state index contributed by atoms with van der Waals surface area (Å²) in [6.45, 7) is 3.09. The van der Waals surface area contributed by atoms with Crippen LogP contribution in [0.1, 0.15) is 29.3 Å². The lowest BCUT2D eigenvalue weighted by atomic mass is 10.1. The lowest BCUT2D eigenvalue weighted by Gasteiger charge is -2.11. The van der Waals surface area contributed by atoms with Gasteiger partial charge < -0.3 is 20.8 Å². The Morgan fingerprint density at radius 2 is 2.03 bits per heavy atom. The van der Waals surface area contributed by atoms with Crippen LogP contribution in [0, 0.1) is 0 Å². The number of carbonyl (C=O) groups excluding carboxylic acids is 1.